The second kappa shape index (κ2) is 9.05. The van der Waals surface area contributed by atoms with Crippen LogP contribution in [0.2, 0.25) is 0 Å². The van der Waals surface area contributed by atoms with Crippen molar-refractivity contribution < 1.29 is 9.59 Å². The lowest BCUT2D eigenvalue weighted by atomic mass is 9.81. The van der Waals surface area contributed by atoms with Crippen LogP contribution in [0, 0.1) is 17.8 Å². The van der Waals surface area contributed by atoms with Gasteiger partial charge in [0.1, 0.15) is 0 Å². The van der Waals surface area contributed by atoms with Crippen molar-refractivity contribution in [3.63, 3.8) is 0 Å². The third-order valence-corrected chi connectivity index (χ3v) is 5.20. The summed E-state index contributed by atoms with van der Waals surface area (Å²) in [5.74, 6) is 1.65. The zero-order valence-corrected chi connectivity index (χ0v) is 15.2. The fraction of sp³-hybridized carbons (Fsp3) is 0.700. The van der Waals surface area contributed by atoms with Gasteiger partial charge in [-0.25, -0.2) is 0 Å². The van der Waals surface area contributed by atoms with Gasteiger partial charge in [0.05, 0.1) is 0 Å². The van der Waals surface area contributed by atoms with Crippen LogP contribution < -0.4 is 5.32 Å². The van der Waals surface area contributed by atoms with Crippen LogP contribution in [0.1, 0.15) is 58.8 Å². The molecule has 134 valence electrons. The van der Waals surface area contributed by atoms with Crippen molar-refractivity contribution in [1.29, 1.82) is 0 Å². The SMILES string of the molecule is C=C1C=CC(=O)N1CC1CCC(C(=O)NCCCCC(C)C)CC1. The predicted octanol–water partition coefficient (Wildman–Crippen LogP) is 3.65. The van der Waals surface area contributed by atoms with Crippen molar-refractivity contribution in [3.8, 4) is 0 Å². The summed E-state index contributed by atoms with van der Waals surface area (Å²) in [6, 6.07) is 0. The van der Waals surface area contributed by atoms with Crippen LogP contribution in [-0.2, 0) is 9.59 Å². The molecule has 0 atom stereocenters. The number of hydrogen-bond acceptors (Lipinski definition) is 2. The molecule has 24 heavy (non-hydrogen) atoms. The first kappa shape index (κ1) is 18.8. The van der Waals surface area contributed by atoms with Gasteiger partial charge in [0.25, 0.3) is 5.91 Å². The van der Waals surface area contributed by atoms with Crippen LogP contribution in [0.5, 0.6) is 0 Å². The van der Waals surface area contributed by atoms with E-state index < -0.39 is 0 Å². The minimum Gasteiger partial charge on any atom is -0.356 e. The molecule has 0 aromatic carbocycles. The summed E-state index contributed by atoms with van der Waals surface area (Å²) in [5, 5.41) is 3.10. The normalized spacial score (nSPS) is 24.0. The predicted molar refractivity (Wildman–Crippen MR) is 97.1 cm³/mol. The van der Waals surface area contributed by atoms with Crippen molar-refractivity contribution in [1.82, 2.24) is 10.2 Å². The van der Waals surface area contributed by atoms with E-state index in [1.165, 1.54) is 12.8 Å². The van der Waals surface area contributed by atoms with E-state index in [1.807, 2.05) is 0 Å². The maximum absolute atomic E-state index is 12.3. The van der Waals surface area contributed by atoms with Crippen molar-refractivity contribution in [2.24, 2.45) is 17.8 Å². The van der Waals surface area contributed by atoms with Gasteiger partial charge in [-0.2, -0.15) is 0 Å². The summed E-state index contributed by atoms with van der Waals surface area (Å²) in [6.45, 7) is 9.93. The summed E-state index contributed by atoms with van der Waals surface area (Å²) in [7, 11) is 0. The molecule has 1 aliphatic carbocycles. The lowest BCUT2D eigenvalue weighted by Crippen LogP contribution is -2.36. The quantitative estimate of drug-likeness (QED) is 0.690. The topological polar surface area (TPSA) is 49.4 Å². The molecule has 2 amide bonds. The highest BCUT2D eigenvalue weighted by molar-refractivity contribution is 5.93. The van der Waals surface area contributed by atoms with Gasteiger partial charge < -0.3 is 10.2 Å². The van der Waals surface area contributed by atoms with Crippen LogP contribution >= 0.6 is 0 Å². The minimum absolute atomic E-state index is 0.0428. The van der Waals surface area contributed by atoms with Crippen molar-refractivity contribution in [2.45, 2.75) is 58.8 Å². The molecule has 0 bridgehead atoms. The Labute approximate surface area is 146 Å². The maximum atomic E-state index is 12.3. The molecule has 1 aliphatic heterocycles. The molecule has 4 nitrogen and oxygen atoms in total. The number of carbonyl (C=O) groups excluding carboxylic acids is 2. The molecule has 1 saturated carbocycles. The molecule has 1 fully saturated rings. The second-order valence-corrected chi connectivity index (χ2v) is 7.67. The molecular formula is C20H32N2O2. The molecule has 4 heteroatoms. The zero-order chi connectivity index (χ0) is 17.5. The van der Waals surface area contributed by atoms with E-state index in [2.05, 4.69) is 25.7 Å². The van der Waals surface area contributed by atoms with Gasteiger partial charge in [0.2, 0.25) is 5.91 Å². The Morgan fingerprint density at radius 3 is 2.54 bits per heavy atom. The van der Waals surface area contributed by atoms with Crippen molar-refractivity contribution in [2.75, 3.05) is 13.1 Å². The maximum Gasteiger partial charge on any atom is 0.251 e. The van der Waals surface area contributed by atoms with E-state index in [1.54, 1.807) is 17.1 Å². The molecule has 0 radical (unpaired) electrons. The summed E-state index contributed by atoms with van der Waals surface area (Å²) < 4.78 is 0. The second-order valence-electron chi connectivity index (χ2n) is 7.67. The van der Waals surface area contributed by atoms with Gasteiger partial charge in [-0.1, -0.05) is 33.3 Å². The Hall–Kier alpha value is -1.58. The van der Waals surface area contributed by atoms with E-state index in [0.717, 1.165) is 56.8 Å². The first-order valence-corrected chi connectivity index (χ1v) is 9.43. The van der Waals surface area contributed by atoms with Gasteiger partial charge in [-0.3, -0.25) is 9.59 Å². The average Bonchev–Trinajstić information content (AvgIpc) is 2.86. The third-order valence-electron chi connectivity index (χ3n) is 5.20. The fourth-order valence-electron chi connectivity index (χ4n) is 3.60. The highest BCUT2D eigenvalue weighted by Crippen LogP contribution is 2.31. The minimum atomic E-state index is 0.0428. The molecule has 0 saturated heterocycles. The first-order valence-electron chi connectivity index (χ1n) is 9.43. The number of carbonyl (C=O) groups is 2. The van der Waals surface area contributed by atoms with Crippen LogP contribution in [0.15, 0.2) is 24.4 Å². The summed E-state index contributed by atoms with van der Waals surface area (Å²) in [4.78, 5) is 25.8. The standard InChI is InChI=1S/C20H32N2O2/c1-15(2)6-4-5-13-21-20(24)18-10-8-17(9-11-18)14-22-16(3)7-12-19(22)23/h7,12,15,17-18H,3-6,8-11,13-14H2,1-2H3,(H,21,24). The van der Waals surface area contributed by atoms with Crippen molar-refractivity contribution >= 4 is 11.8 Å². The van der Waals surface area contributed by atoms with Crippen LogP contribution in [0.4, 0.5) is 0 Å². The van der Waals surface area contributed by atoms with Gasteiger partial charge in [-0.05, 0) is 50.0 Å². The summed E-state index contributed by atoms with van der Waals surface area (Å²) >= 11 is 0. The van der Waals surface area contributed by atoms with E-state index in [0.29, 0.717) is 5.92 Å². The lowest BCUT2D eigenvalue weighted by Gasteiger charge is -2.31. The zero-order valence-electron chi connectivity index (χ0n) is 15.2. The summed E-state index contributed by atoms with van der Waals surface area (Å²) in [6.07, 6.45) is 10.8. The van der Waals surface area contributed by atoms with Crippen LogP contribution in [-0.4, -0.2) is 29.8 Å². The van der Waals surface area contributed by atoms with Crippen molar-refractivity contribution in [3.05, 3.63) is 24.4 Å². The number of amides is 2. The Morgan fingerprint density at radius 2 is 1.96 bits per heavy atom. The first-order chi connectivity index (χ1) is 11.5. The summed E-state index contributed by atoms with van der Waals surface area (Å²) in [5.41, 5.74) is 0.793. The number of hydrogen-bond donors (Lipinski definition) is 1. The molecule has 2 aliphatic rings. The third kappa shape index (κ3) is 5.50. The highest BCUT2D eigenvalue weighted by atomic mass is 16.2. The van der Waals surface area contributed by atoms with E-state index >= 15 is 0 Å². The van der Waals surface area contributed by atoms with E-state index in [4.69, 9.17) is 0 Å². The lowest BCUT2D eigenvalue weighted by molar-refractivity contribution is -0.127. The Balaban J connectivity index is 1.62. The molecule has 0 unspecified atom stereocenters. The highest BCUT2D eigenvalue weighted by Gasteiger charge is 2.29. The number of nitrogens with one attached hydrogen (secondary N) is 1. The molecule has 0 aromatic heterocycles. The Bertz CT molecular complexity index is 470. The van der Waals surface area contributed by atoms with E-state index in [9.17, 15) is 9.59 Å². The van der Waals surface area contributed by atoms with Gasteiger partial charge in [0.15, 0.2) is 0 Å². The van der Waals surface area contributed by atoms with Gasteiger partial charge in [-0.15, -0.1) is 0 Å². The largest absolute Gasteiger partial charge is 0.356 e. The van der Waals surface area contributed by atoms with Gasteiger partial charge in [0, 0.05) is 30.8 Å². The fourth-order valence-corrected chi connectivity index (χ4v) is 3.60. The number of rotatable bonds is 8. The smallest absolute Gasteiger partial charge is 0.251 e. The molecule has 0 spiro atoms. The monoisotopic (exact) mass is 332 g/mol. The van der Waals surface area contributed by atoms with Gasteiger partial charge >= 0.3 is 0 Å². The molecule has 2 rings (SSSR count). The average molecular weight is 332 g/mol. The van der Waals surface area contributed by atoms with Crippen LogP contribution in [0.3, 0.4) is 0 Å². The number of allylic oxidation sites excluding steroid dienone is 1. The molecular weight excluding hydrogens is 300 g/mol. The Morgan fingerprint density at radius 1 is 1.25 bits per heavy atom. The molecule has 0 aromatic rings. The number of unbranched alkanes of at least 4 members (excludes halogenated alkanes) is 1. The Kier molecular flexibility index (Phi) is 7.07. The molecule has 1 heterocycles. The number of nitrogens with zero attached hydrogens (tertiary/aromatic N) is 1. The molecule has 1 N–H and O–H groups in total. The van der Waals surface area contributed by atoms with E-state index in [-0.39, 0.29) is 17.7 Å². The van der Waals surface area contributed by atoms with Crippen LogP contribution in [0.25, 0.3) is 0 Å².